The van der Waals surface area contributed by atoms with Gasteiger partial charge in [-0.2, -0.15) is 0 Å². The van der Waals surface area contributed by atoms with E-state index in [1.807, 2.05) is 31.2 Å². The van der Waals surface area contributed by atoms with Gasteiger partial charge in [0.15, 0.2) is 0 Å². The molecule has 2 heteroatoms. The van der Waals surface area contributed by atoms with Crippen LogP contribution >= 0.6 is 0 Å². The van der Waals surface area contributed by atoms with E-state index < -0.39 is 6.17 Å². The minimum Gasteiger partial charge on any atom is -0.325 e. The van der Waals surface area contributed by atoms with Crippen LogP contribution in [-0.4, -0.2) is 12.2 Å². The predicted molar refractivity (Wildman–Crippen MR) is 46.8 cm³/mol. The Morgan fingerprint density at radius 1 is 1.25 bits per heavy atom. The Morgan fingerprint density at radius 2 is 1.75 bits per heavy atom. The first-order valence-electron chi connectivity index (χ1n) is 4.16. The summed E-state index contributed by atoms with van der Waals surface area (Å²) in [5.41, 5.74) is 7.73. The van der Waals surface area contributed by atoms with Gasteiger partial charge in [0.25, 0.3) is 0 Å². The van der Waals surface area contributed by atoms with Crippen molar-refractivity contribution in [1.82, 2.24) is 0 Å². The summed E-state index contributed by atoms with van der Waals surface area (Å²) in [6.45, 7) is 2.02. The van der Waals surface area contributed by atoms with Gasteiger partial charge >= 0.3 is 0 Å². The third-order valence-electron chi connectivity index (χ3n) is 2.45. The van der Waals surface area contributed by atoms with E-state index >= 15 is 0 Å². The van der Waals surface area contributed by atoms with Gasteiger partial charge in [0.05, 0.1) is 0 Å². The van der Waals surface area contributed by atoms with Gasteiger partial charge in [-0.25, -0.2) is 4.39 Å². The topological polar surface area (TPSA) is 26.0 Å². The first kappa shape index (κ1) is 7.74. The molecule has 2 N–H and O–H groups in total. The van der Waals surface area contributed by atoms with Crippen molar-refractivity contribution >= 4 is 0 Å². The summed E-state index contributed by atoms with van der Waals surface area (Å²) in [5.74, 6) is -0.0504. The molecule has 1 aromatic carbocycles. The fraction of sp³-hybridized carbons (Fsp3) is 0.400. The fourth-order valence-corrected chi connectivity index (χ4v) is 1.49. The maximum Gasteiger partial charge on any atom is 0.124 e. The summed E-state index contributed by atoms with van der Waals surface area (Å²) < 4.78 is 12.8. The zero-order valence-corrected chi connectivity index (χ0v) is 7.00. The number of alkyl halides is 1. The van der Waals surface area contributed by atoms with E-state index in [9.17, 15) is 4.39 Å². The highest BCUT2D eigenvalue weighted by atomic mass is 19.1. The highest BCUT2D eigenvalue weighted by molar-refractivity contribution is 5.33. The average Bonchev–Trinajstić information content (AvgIpc) is 2.63. The van der Waals surface area contributed by atoms with E-state index in [2.05, 4.69) is 0 Å². The van der Waals surface area contributed by atoms with Crippen LogP contribution in [0.4, 0.5) is 4.39 Å². The molecule has 2 rings (SSSR count). The second kappa shape index (κ2) is 2.56. The second-order valence-corrected chi connectivity index (χ2v) is 3.46. The molecule has 12 heavy (non-hydrogen) atoms. The van der Waals surface area contributed by atoms with Crippen LogP contribution in [0.1, 0.15) is 17.0 Å². The molecule has 0 bridgehead atoms. The largest absolute Gasteiger partial charge is 0.325 e. The fourth-order valence-electron chi connectivity index (χ4n) is 1.49. The van der Waals surface area contributed by atoms with Crippen LogP contribution in [0, 0.1) is 6.92 Å². The molecule has 1 saturated carbocycles. The molecular weight excluding hydrogens is 153 g/mol. The van der Waals surface area contributed by atoms with Gasteiger partial charge < -0.3 is 5.73 Å². The van der Waals surface area contributed by atoms with E-state index in [1.54, 1.807) is 0 Å². The van der Waals surface area contributed by atoms with Crippen LogP contribution in [0.3, 0.4) is 0 Å². The molecule has 0 amide bonds. The number of hydrogen-bond acceptors (Lipinski definition) is 1. The minimum absolute atomic E-state index is 0.0504. The van der Waals surface area contributed by atoms with Crippen molar-refractivity contribution in [2.45, 2.75) is 25.1 Å². The molecule has 1 nitrogen and oxygen atoms in total. The van der Waals surface area contributed by atoms with Crippen LogP contribution in [0.25, 0.3) is 0 Å². The second-order valence-electron chi connectivity index (χ2n) is 3.46. The number of aryl methyl sites for hydroxylation is 1. The van der Waals surface area contributed by atoms with Crippen LogP contribution in [0.15, 0.2) is 24.3 Å². The predicted octanol–water partition coefficient (Wildman–Crippen LogP) is 1.76. The lowest BCUT2D eigenvalue weighted by Crippen LogP contribution is -2.03. The summed E-state index contributed by atoms with van der Waals surface area (Å²) in [5, 5.41) is 0. The number of hydrogen-bond donors (Lipinski definition) is 1. The van der Waals surface area contributed by atoms with Crippen molar-refractivity contribution in [2.24, 2.45) is 5.73 Å². The zero-order chi connectivity index (χ0) is 8.72. The Hall–Kier alpha value is -0.890. The van der Waals surface area contributed by atoms with Crippen LogP contribution in [-0.2, 0) is 0 Å². The molecule has 0 spiro atoms. The zero-order valence-electron chi connectivity index (χ0n) is 7.00. The summed E-state index contributed by atoms with van der Waals surface area (Å²) in [6, 6.07) is 7.63. The Kier molecular flexibility index (Phi) is 1.65. The quantitative estimate of drug-likeness (QED) is 0.674. The summed E-state index contributed by atoms with van der Waals surface area (Å²) in [6.07, 6.45) is -0.826. The van der Waals surface area contributed by atoms with Crippen molar-refractivity contribution in [1.29, 1.82) is 0 Å². The van der Waals surface area contributed by atoms with Gasteiger partial charge in [-0.15, -0.1) is 0 Å². The van der Waals surface area contributed by atoms with Crippen molar-refractivity contribution in [3.63, 3.8) is 0 Å². The number of nitrogens with two attached hydrogens (primary N) is 1. The summed E-state index contributed by atoms with van der Waals surface area (Å²) >= 11 is 0. The van der Waals surface area contributed by atoms with Crippen molar-refractivity contribution < 1.29 is 4.39 Å². The first-order chi connectivity index (χ1) is 5.70. The normalized spacial score (nSPS) is 33.4. The smallest absolute Gasteiger partial charge is 0.124 e. The van der Waals surface area contributed by atoms with Gasteiger partial charge in [0.1, 0.15) is 6.17 Å². The highest BCUT2D eigenvalue weighted by Crippen LogP contribution is 2.42. The molecule has 1 aliphatic carbocycles. The SMILES string of the molecule is Cc1ccc(C2[C@@H](N)[C@H]2F)cc1. The van der Waals surface area contributed by atoms with E-state index in [0.717, 1.165) is 5.56 Å². The maximum atomic E-state index is 12.8. The molecule has 3 atom stereocenters. The van der Waals surface area contributed by atoms with Gasteiger partial charge in [-0.3, -0.25) is 0 Å². The number of halogens is 1. The third-order valence-corrected chi connectivity index (χ3v) is 2.45. The lowest BCUT2D eigenvalue weighted by Gasteiger charge is -1.97. The van der Waals surface area contributed by atoms with Crippen LogP contribution in [0.2, 0.25) is 0 Å². The number of rotatable bonds is 1. The molecule has 0 aliphatic heterocycles. The molecule has 0 aromatic heterocycles. The van der Waals surface area contributed by atoms with E-state index in [-0.39, 0.29) is 12.0 Å². The highest BCUT2D eigenvalue weighted by Gasteiger charge is 2.49. The molecule has 1 unspecified atom stereocenters. The molecule has 1 aliphatic rings. The van der Waals surface area contributed by atoms with Gasteiger partial charge in [0.2, 0.25) is 0 Å². The molecule has 1 fully saturated rings. The lowest BCUT2D eigenvalue weighted by molar-refractivity contribution is 0.459. The molecule has 0 heterocycles. The van der Waals surface area contributed by atoms with Crippen molar-refractivity contribution in [2.75, 3.05) is 0 Å². The molecular formula is C10H12FN. The van der Waals surface area contributed by atoms with Crippen molar-refractivity contribution in [3.05, 3.63) is 35.4 Å². The molecule has 64 valence electrons. The van der Waals surface area contributed by atoms with E-state index in [1.165, 1.54) is 5.56 Å². The molecule has 0 saturated heterocycles. The van der Waals surface area contributed by atoms with Gasteiger partial charge in [-0.1, -0.05) is 29.8 Å². The Bertz CT molecular complexity index is 272. The van der Waals surface area contributed by atoms with E-state index in [0.29, 0.717) is 0 Å². The summed E-state index contributed by atoms with van der Waals surface area (Å²) in [4.78, 5) is 0. The summed E-state index contributed by atoms with van der Waals surface area (Å²) in [7, 11) is 0. The van der Waals surface area contributed by atoms with Gasteiger partial charge in [-0.05, 0) is 12.5 Å². The van der Waals surface area contributed by atoms with E-state index in [4.69, 9.17) is 5.73 Å². The lowest BCUT2D eigenvalue weighted by atomic mass is 10.1. The Balaban J connectivity index is 2.20. The minimum atomic E-state index is -0.826. The first-order valence-corrected chi connectivity index (χ1v) is 4.16. The van der Waals surface area contributed by atoms with Crippen LogP contribution in [0.5, 0.6) is 0 Å². The van der Waals surface area contributed by atoms with Gasteiger partial charge in [0, 0.05) is 12.0 Å². The third kappa shape index (κ3) is 1.12. The molecule has 1 aromatic rings. The molecule has 0 radical (unpaired) electrons. The average molecular weight is 165 g/mol. The Morgan fingerprint density at radius 3 is 2.17 bits per heavy atom. The standard InChI is InChI=1S/C10H12FN/c1-6-2-4-7(5-3-6)8-9(11)10(8)12/h2-5,8-10H,12H2,1H3/t8?,9-,10+/m0/s1. The Labute approximate surface area is 71.4 Å². The maximum absolute atomic E-state index is 12.8. The number of benzene rings is 1. The van der Waals surface area contributed by atoms with Crippen LogP contribution < -0.4 is 5.73 Å². The van der Waals surface area contributed by atoms with Crippen molar-refractivity contribution in [3.8, 4) is 0 Å². The monoisotopic (exact) mass is 165 g/mol.